The third-order valence-corrected chi connectivity index (χ3v) is 6.65. The molecule has 0 bridgehead atoms. The highest BCUT2D eigenvalue weighted by molar-refractivity contribution is 7.16. The maximum Gasteiger partial charge on any atom is 0.291 e. The quantitative estimate of drug-likeness (QED) is 0.340. The minimum Gasteiger partial charge on any atom is -0.459 e. The number of nitrogens with zero attached hydrogens (tertiary/aromatic N) is 2. The summed E-state index contributed by atoms with van der Waals surface area (Å²) in [5.74, 6) is 0.441. The predicted octanol–water partition coefficient (Wildman–Crippen LogP) is 6.47. The van der Waals surface area contributed by atoms with Gasteiger partial charge in [-0.25, -0.2) is 9.97 Å². The van der Waals surface area contributed by atoms with Gasteiger partial charge in [0, 0.05) is 26.9 Å². The molecule has 3 heterocycles. The van der Waals surface area contributed by atoms with Crippen LogP contribution in [0.1, 0.15) is 49.6 Å². The molecule has 0 radical (unpaired) electrons. The van der Waals surface area contributed by atoms with Gasteiger partial charge in [0.2, 0.25) is 5.95 Å². The first-order valence-corrected chi connectivity index (χ1v) is 11.3. The van der Waals surface area contributed by atoms with E-state index in [-0.39, 0.29) is 17.7 Å². The molecule has 1 unspecified atom stereocenters. The summed E-state index contributed by atoms with van der Waals surface area (Å²) < 4.78 is 5.27. The van der Waals surface area contributed by atoms with E-state index in [2.05, 4.69) is 20.6 Å². The molecular weight excluding hydrogens is 444 g/mol. The van der Waals surface area contributed by atoms with Crippen LogP contribution in [0.5, 0.6) is 0 Å². The van der Waals surface area contributed by atoms with Gasteiger partial charge < -0.3 is 15.1 Å². The Morgan fingerprint density at radius 3 is 2.44 bits per heavy atom. The minimum absolute atomic E-state index is 0.250. The van der Waals surface area contributed by atoms with Gasteiger partial charge in [0.15, 0.2) is 5.76 Å². The highest BCUT2D eigenvalue weighted by atomic mass is 35.5. The number of amides is 1. The molecule has 0 spiro atoms. The van der Waals surface area contributed by atoms with E-state index in [1.807, 2.05) is 58.0 Å². The van der Waals surface area contributed by atoms with Gasteiger partial charge in [-0.1, -0.05) is 29.8 Å². The SMILES string of the molecule is Cc1cc(C)nc(NC(c2ccccc2Cl)c2c(NC(=O)c3ccco3)sc(C)c2C)n1. The molecule has 164 valence electrons. The van der Waals surface area contributed by atoms with Crippen molar-refractivity contribution in [1.82, 2.24) is 9.97 Å². The average Bonchev–Trinajstić information content (AvgIpc) is 3.36. The van der Waals surface area contributed by atoms with Crippen molar-refractivity contribution in [3.8, 4) is 0 Å². The summed E-state index contributed by atoms with van der Waals surface area (Å²) >= 11 is 8.13. The molecule has 1 aromatic carbocycles. The fraction of sp³-hybridized carbons (Fsp3) is 0.208. The van der Waals surface area contributed by atoms with E-state index in [9.17, 15) is 4.79 Å². The molecule has 4 rings (SSSR count). The normalized spacial score (nSPS) is 11.9. The van der Waals surface area contributed by atoms with E-state index >= 15 is 0 Å². The number of aromatic nitrogens is 2. The molecule has 0 fully saturated rings. The minimum atomic E-state index is -0.373. The Kier molecular flexibility index (Phi) is 6.30. The van der Waals surface area contributed by atoms with E-state index in [1.165, 1.54) is 17.6 Å². The van der Waals surface area contributed by atoms with Crippen LogP contribution in [0.4, 0.5) is 10.9 Å². The number of thiophene rings is 1. The molecular formula is C24H23ClN4O2S. The smallest absolute Gasteiger partial charge is 0.291 e. The second-order valence-electron chi connectivity index (χ2n) is 7.53. The van der Waals surface area contributed by atoms with Crippen LogP contribution in [0.15, 0.2) is 53.1 Å². The topological polar surface area (TPSA) is 80.0 Å². The number of anilines is 2. The average molecular weight is 467 g/mol. The second kappa shape index (κ2) is 9.14. The number of carbonyl (C=O) groups is 1. The van der Waals surface area contributed by atoms with Crippen LogP contribution < -0.4 is 10.6 Å². The van der Waals surface area contributed by atoms with Crippen molar-refractivity contribution in [3.05, 3.63) is 92.5 Å². The van der Waals surface area contributed by atoms with Crippen LogP contribution in [-0.4, -0.2) is 15.9 Å². The van der Waals surface area contributed by atoms with Crippen molar-refractivity contribution in [2.24, 2.45) is 0 Å². The maximum absolute atomic E-state index is 12.8. The second-order valence-corrected chi connectivity index (χ2v) is 9.16. The molecule has 32 heavy (non-hydrogen) atoms. The molecule has 0 aliphatic heterocycles. The summed E-state index contributed by atoms with van der Waals surface area (Å²) in [5.41, 5.74) is 4.58. The van der Waals surface area contributed by atoms with Gasteiger partial charge in [0.1, 0.15) is 5.00 Å². The Morgan fingerprint density at radius 2 is 1.78 bits per heavy atom. The summed E-state index contributed by atoms with van der Waals surface area (Å²) in [4.78, 5) is 23.0. The molecule has 0 aliphatic rings. The number of benzene rings is 1. The number of carbonyl (C=O) groups excluding carboxylic acids is 1. The first kappa shape index (κ1) is 22.0. The van der Waals surface area contributed by atoms with Crippen molar-refractivity contribution in [2.45, 2.75) is 33.7 Å². The monoisotopic (exact) mass is 466 g/mol. The largest absolute Gasteiger partial charge is 0.459 e. The van der Waals surface area contributed by atoms with Crippen molar-refractivity contribution >= 4 is 39.8 Å². The fourth-order valence-electron chi connectivity index (χ4n) is 3.59. The first-order chi connectivity index (χ1) is 15.3. The number of rotatable bonds is 6. The molecule has 0 saturated carbocycles. The molecule has 0 aliphatic carbocycles. The summed E-state index contributed by atoms with van der Waals surface area (Å²) in [6.07, 6.45) is 1.48. The van der Waals surface area contributed by atoms with Gasteiger partial charge >= 0.3 is 0 Å². The Bertz CT molecular complexity index is 1250. The van der Waals surface area contributed by atoms with Crippen LogP contribution in [-0.2, 0) is 0 Å². The number of hydrogen-bond acceptors (Lipinski definition) is 6. The third-order valence-electron chi connectivity index (χ3n) is 5.16. The molecule has 1 atom stereocenters. The van der Waals surface area contributed by atoms with Crippen LogP contribution in [0, 0.1) is 27.7 Å². The number of aryl methyl sites for hydroxylation is 3. The summed E-state index contributed by atoms with van der Waals surface area (Å²) in [7, 11) is 0. The highest BCUT2D eigenvalue weighted by Gasteiger charge is 2.27. The zero-order valence-electron chi connectivity index (χ0n) is 18.2. The molecule has 1 amide bonds. The third kappa shape index (κ3) is 4.54. The number of halogens is 1. The molecule has 0 saturated heterocycles. The van der Waals surface area contributed by atoms with Gasteiger partial charge in [0.25, 0.3) is 5.91 Å². The van der Waals surface area contributed by atoms with Gasteiger partial charge in [-0.2, -0.15) is 0 Å². The van der Waals surface area contributed by atoms with Crippen LogP contribution >= 0.6 is 22.9 Å². The Morgan fingerprint density at radius 1 is 1.06 bits per heavy atom. The van der Waals surface area contributed by atoms with Crippen molar-refractivity contribution in [3.63, 3.8) is 0 Å². The summed E-state index contributed by atoms with van der Waals surface area (Å²) in [6.45, 7) is 7.93. The lowest BCUT2D eigenvalue weighted by Crippen LogP contribution is -2.19. The highest BCUT2D eigenvalue weighted by Crippen LogP contribution is 2.42. The lowest BCUT2D eigenvalue weighted by atomic mass is 9.96. The van der Waals surface area contributed by atoms with Crippen molar-refractivity contribution in [2.75, 3.05) is 10.6 Å². The van der Waals surface area contributed by atoms with E-state index in [4.69, 9.17) is 16.0 Å². The maximum atomic E-state index is 12.8. The van der Waals surface area contributed by atoms with Gasteiger partial charge in [-0.05, 0) is 63.1 Å². The lowest BCUT2D eigenvalue weighted by molar-refractivity contribution is 0.0997. The van der Waals surface area contributed by atoms with Crippen molar-refractivity contribution in [1.29, 1.82) is 0 Å². The van der Waals surface area contributed by atoms with Crippen LogP contribution in [0.25, 0.3) is 0 Å². The van der Waals surface area contributed by atoms with E-state index < -0.39 is 0 Å². The van der Waals surface area contributed by atoms with E-state index in [0.29, 0.717) is 11.0 Å². The van der Waals surface area contributed by atoms with Gasteiger partial charge in [0.05, 0.1) is 12.3 Å². The molecule has 4 aromatic rings. The Labute approximate surface area is 195 Å². The zero-order valence-corrected chi connectivity index (χ0v) is 19.8. The number of hydrogen-bond donors (Lipinski definition) is 2. The Hall–Kier alpha value is -3.16. The summed E-state index contributed by atoms with van der Waals surface area (Å²) in [6, 6.07) is 12.5. The lowest BCUT2D eigenvalue weighted by Gasteiger charge is -2.23. The van der Waals surface area contributed by atoms with Crippen molar-refractivity contribution < 1.29 is 9.21 Å². The molecule has 2 N–H and O–H groups in total. The van der Waals surface area contributed by atoms with Gasteiger partial charge in [-0.3, -0.25) is 4.79 Å². The summed E-state index contributed by atoms with van der Waals surface area (Å²) in [5, 5.41) is 7.81. The molecule has 6 nitrogen and oxygen atoms in total. The van der Waals surface area contributed by atoms with E-state index in [0.717, 1.165) is 38.0 Å². The Balaban J connectivity index is 1.82. The van der Waals surface area contributed by atoms with Gasteiger partial charge in [-0.15, -0.1) is 11.3 Å². The van der Waals surface area contributed by atoms with Crippen LogP contribution in [0.2, 0.25) is 5.02 Å². The standard InChI is InChI=1S/C24H23ClN4O2S/c1-13-12-14(2)27-24(26-13)28-21(17-8-5-6-9-18(17)25)20-15(3)16(4)32-23(20)29-22(30)19-10-7-11-31-19/h5-12,21H,1-4H3,(H,29,30)(H,26,27,28). The first-order valence-electron chi connectivity index (χ1n) is 10.1. The van der Waals surface area contributed by atoms with E-state index in [1.54, 1.807) is 12.1 Å². The van der Waals surface area contributed by atoms with Crippen LogP contribution in [0.3, 0.4) is 0 Å². The number of nitrogens with one attached hydrogen (secondary N) is 2. The fourth-order valence-corrected chi connectivity index (χ4v) is 4.93. The molecule has 8 heteroatoms. The predicted molar refractivity (Wildman–Crippen MR) is 129 cm³/mol. The molecule has 3 aromatic heterocycles. The zero-order chi connectivity index (χ0) is 22.8. The number of furan rings is 1.